The van der Waals surface area contributed by atoms with Crippen LogP contribution in [0.15, 0.2) is 72.9 Å². The molecule has 2 aromatic carbocycles. The number of amides is 2. The summed E-state index contributed by atoms with van der Waals surface area (Å²) in [6.07, 6.45) is 2.08. The lowest BCUT2D eigenvalue weighted by Gasteiger charge is -2.37. The minimum atomic E-state index is -0.249. The quantitative estimate of drug-likeness (QED) is 0.623. The van der Waals surface area contributed by atoms with Crippen LogP contribution < -0.4 is 10.1 Å². The molecule has 1 N–H and O–H groups in total. The molecule has 0 bridgehead atoms. The number of nitrogens with zero attached hydrogens (tertiary/aromatic N) is 3. The molecular formula is C25H28N4O3. The van der Waals surface area contributed by atoms with Crippen LogP contribution in [0, 0.1) is 0 Å². The molecule has 0 spiro atoms. The van der Waals surface area contributed by atoms with Crippen LogP contribution in [-0.2, 0) is 16.1 Å². The number of benzene rings is 2. The fourth-order valence-corrected chi connectivity index (χ4v) is 4.12. The lowest BCUT2D eigenvalue weighted by atomic mass is 10.00. The van der Waals surface area contributed by atoms with Crippen molar-refractivity contribution in [2.24, 2.45) is 0 Å². The highest BCUT2D eigenvalue weighted by Gasteiger charge is 2.30. The predicted molar refractivity (Wildman–Crippen MR) is 124 cm³/mol. The van der Waals surface area contributed by atoms with Crippen LogP contribution >= 0.6 is 0 Å². The van der Waals surface area contributed by atoms with E-state index >= 15 is 0 Å². The van der Waals surface area contributed by atoms with Gasteiger partial charge in [0.25, 0.3) is 0 Å². The van der Waals surface area contributed by atoms with Gasteiger partial charge in [-0.3, -0.25) is 14.5 Å². The first-order valence-corrected chi connectivity index (χ1v) is 10.7. The Morgan fingerprint density at radius 2 is 1.88 bits per heavy atom. The number of hydrogen-bond donors (Lipinski definition) is 1. The summed E-state index contributed by atoms with van der Waals surface area (Å²) in [6, 6.07) is 21.5. The zero-order chi connectivity index (χ0) is 22.5. The molecule has 1 aliphatic rings. The van der Waals surface area contributed by atoms with Crippen molar-refractivity contribution in [1.29, 1.82) is 0 Å². The second-order valence-electron chi connectivity index (χ2n) is 7.94. The van der Waals surface area contributed by atoms with Gasteiger partial charge in [0, 0.05) is 43.8 Å². The fourth-order valence-electron chi connectivity index (χ4n) is 4.12. The first-order valence-electron chi connectivity index (χ1n) is 10.7. The Kier molecular flexibility index (Phi) is 6.56. The van der Waals surface area contributed by atoms with Gasteiger partial charge in [0.1, 0.15) is 5.75 Å². The standard InChI is InChI=1S/C25H28N4O3/c1-27(17-23(30)26-20-10-6-11-21(16-20)32-2)24(31)18-29-15-14-28-13-7-12-22(28)25(29)19-8-4-3-5-9-19/h3-13,16,25H,14-15,17-18H2,1-2H3,(H,26,30). The molecule has 0 fully saturated rings. The Bertz CT molecular complexity index is 1080. The van der Waals surface area contributed by atoms with Crippen molar-refractivity contribution in [2.45, 2.75) is 12.6 Å². The Morgan fingerprint density at radius 3 is 2.66 bits per heavy atom. The molecular weight excluding hydrogens is 404 g/mol. The second kappa shape index (κ2) is 9.70. The Labute approximate surface area is 188 Å². The lowest BCUT2D eigenvalue weighted by molar-refractivity contribution is -0.134. The van der Waals surface area contributed by atoms with Crippen LogP contribution in [0.2, 0.25) is 0 Å². The summed E-state index contributed by atoms with van der Waals surface area (Å²) < 4.78 is 7.42. The number of nitrogens with one attached hydrogen (secondary N) is 1. The summed E-state index contributed by atoms with van der Waals surface area (Å²) in [6.45, 7) is 1.82. The summed E-state index contributed by atoms with van der Waals surface area (Å²) in [5, 5.41) is 2.82. The number of hydrogen-bond acceptors (Lipinski definition) is 4. The van der Waals surface area contributed by atoms with Crippen molar-refractivity contribution in [2.75, 3.05) is 39.1 Å². The molecule has 7 nitrogen and oxygen atoms in total. The van der Waals surface area contributed by atoms with Crippen molar-refractivity contribution in [1.82, 2.24) is 14.4 Å². The van der Waals surface area contributed by atoms with Crippen molar-refractivity contribution < 1.29 is 14.3 Å². The summed E-state index contributed by atoms with van der Waals surface area (Å²) >= 11 is 0. The van der Waals surface area contributed by atoms with E-state index in [0.29, 0.717) is 11.4 Å². The highest BCUT2D eigenvalue weighted by molar-refractivity contribution is 5.94. The molecule has 1 aromatic heterocycles. The number of anilines is 1. The number of methoxy groups -OCH3 is 1. The normalized spacial score (nSPS) is 15.6. The first-order chi connectivity index (χ1) is 15.5. The van der Waals surface area contributed by atoms with Gasteiger partial charge in [0.2, 0.25) is 11.8 Å². The van der Waals surface area contributed by atoms with Gasteiger partial charge in [0.15, 0.2) is 0 Å². The van der Waals surface area contributed by atoms with Gasteiger partial charge in [-0.25, -0.2) is 0 Å². The third-order valence-corrected chi connectivity index (χ3v) is 5.75. The number of aromatic nitrogens is 1. The monoisotopic (exact) mass is 432 g/mol. The van der Waals surface area contributed by atoms with Crippen LogP contribution in [0.4, 0.5) is 5.69 Å². The lowest BCUT2D eigenvalue weighted by Crippen LogP contribution is -2.46. The van der Waals surface area contributed by atoms with Crippen LogP contribution in [-0.4, -0.2) is 60.0 Å². The third kappa shape index (κ3) is 4.84. The molecule has 0 radical (unpaired) electrons. The maximum Gasteiger partial charge on any atom is 0.243 e. The largest absolute Gasteiger partial charge is 0.497 e. The Balaban J connectivity index is 1.41. The molecule has 1 atom stereocenters. The third-order valence-electron chi connectivity index (χ3n) is 5.75. The van der Waals surface area contributed by atoms with Crippen LogP contribution in [0.1, 0.15) is 17.3 Å². The number of likely N-dealkylation sites (N-methyl/N-ethyl adjacent to an activating group) is 1. The fraction of sp³-hybridized carbons (Fsp3) is 0.280. The molecule has 0 saturated carbocycles. The van der Waals surface area contributed by atoms with Crippen molar-refractivity contribution in [3.8, 4) is 5.75 Å². The molecule has 7 heteroatoms. The van der Waals surface area contributed by atoms with E-state index in [1.165, 1.54) is 10.6 Å². The Hall–Kier alpha value is -3.58. The number of carbonyl (C=O) groups is 2. The van der Waals surface area contributed by atoms with Gasteiger partial charge in [0.05, 0.1) is 26.2 Å². The van der Waals surface area contributed by atoms with Crippen molar-refractivity contribution in [3.63, 3.8) is 0 Å². The minimum Gasteiger partial charge on any atom is -0.497 e. The highest BCUT2D eigenvalue weighted by Crippen LogP contribution is 2.32. The van der Waals surface area contributed by atoms with E-state index in [1.54, 1.807) is 32.4 Å². The molecule has 4 rings (SSSR count). The van der Waals surface area contributed by atoms with E-state index in [-0.39, 0.29) is 30.9 Å². The van der Waals surface area contributed by atoms with E-state index < -0.39 is 0 Å². The molecule has 0 saturated heterocycles. The summed E-state index contributed by atoms with van der Waals surface area (Å²) in [5.41, 5.74) is 2.96. The van der Waals surface area contributed by atoms with Gasteiger partial charge in [-0.15, -0.1) is 0 Å². The zero-order valence-corrected chi connectivity index (χ0v) is 18.4. The van der Waals surface area contributed by atoms with Gasteiger partial charge in [-0.1, -0.05) is 36.4 Å². The maximum atomic E-state index is 13.0. The van der Waals surface area contributed by atoms with Crippen LogP contribution in [0.3, 0.4) is 0 Å². The number of fused-ring (bicyclic) bond motifs is 1. The van der Waals surface area contributed by atoms with E-state index in [1.807, 2.05) is 30.3 Å². The molecule has 1 aliphatic heterocycles. The van der Waals surface area contributed by atoms with Crippen molar-refractivity contribution in [3.05, 3.63) is 84.2 Å². The summed E-state index contributed by atoms with van der Waals surface area (Å²) in [7, 11) is 3.24. The summed E-state index contributed by atoms with van der Waals surface area (Å²) in [5.74, 6) is 0.321. The molecule has 2 amide bonds. The summed E-state index contributed by atoms with van der Waals surface area (Å²) in [4.78, 5) is 29.1. The molecule has 166 valence electrons. The highest BCUT2D eigenvalue weighted by atomic mass is 16.5. The molecule has 2 heterocycles. The topological polar surface area (TPSA) is 66.8 Å². The second-order valence-corrected chi connectivity index (χ2v) is 7.94. The van der Waals surface area contributed by atoms with E-state index in [4.69, 9.17) is 4.74 Å². The Morgan fingerprint density at radius 1 is 1.06 bits per heavy atom. The number of carbonyl (C=O) groups excluding carboxylic acids is 2. The molecule has 32 heavy (non-hydrogen) atoms. The molecule has 1 unspecified atom stereocenters. The van der Waals surface area contributed by atoms with Gasteiger partial charge in [-0.05, 0) is 29.8 Å². The SMILES string of the molecule is COc1cccc(NC(=O)CN(C)C(=O)CN2CCn3cccc3C2c2ccccc2)c1. The van der Waals surface area contributed by atoms with Gasteiger partial charge >= 0.3 is 0 Å². The average molecular weight is 433 g/mol. The maximum absolute atomic E-state index is 13.0. The smallest absolute Gasteiger partial charge is 0.243 e. The number of ether oxygens (including phenoxy) is 1. The molecule has 3 aromatic rings. The minimum absolute atomic E-state index is 0.00269. The van der Waals surface area contributed by atoms with E-state index in [9.17, 15) is 9.59 Å². The van der Waals surface area contributed by atoms with Crippen LogP contribution in [0.25, 0.3) is 0 Å². The van der Waals surface area contributed by atoms with Crippen molar-refractivity contribution >= 4 is 17.5 Å². The van der Waals surface area contributed by atoms with Gasteiger partial charge < -0.3 is 19.5 Å². The molecule has 0 aliphatic carbocycles. The average Bonchev–Trinajstić information content (AvgIpc) is 3.28. The van der Waals surface area contributed by atoms with Gasteiger partial charge in [-0.2, -0.15) is 0 Å². The predicted octanol–water partition coefficient (Wildman–Crippen LogP) is 3.00. The number of rotatable bonds is 7. The first kappa shape index (κ1) is 21.6. The van der Waals surface area contributed by atoms with E-state index in [2.05, 4.69) is 39.2 Å². The van der Waals surface area contributed by atoms with E-state index in [0.717, 1.165) is 18.7 Å². The zero-order valence-electron chi connectivity index (χ0n) is 18.4. The van der Waals surface area contributed by atoms with Crippen LogP contribution in [0.5, 0.6) is 5.75 Å².